The molecule has 2 aromatic carbocycles. The van der Waals surface area contributed by atoms with E-state index in [4.69, 9.17) is 4.98 Å². The third-order valence-electron chi connectivity index (χ3n) is 4.51. The van der Waals surface area contributed by atoms with Gasteiger partial charge < -0.3 is 0 Å². The van der Waals surface area contributed by atoms with E-state index in [2.05, 4.69) is 0 Å². The number of benzene rings is 2. The molecule has 0 saturated heterocycles. The third-order valence-corrected chi connectivity index (χ3v) is 5.45. The minimum absolute atomic E-state index is 0.113. The Labute approximate surface area is 163 Å². The normalized spacial score (nSPS) is 11.7. The van der Waals surface area contributed by atoms with Gasteiger partial charge in [-0.2, -0.15) is 0 Å². The number of carbonyl (C=O) groups excluding carboxylic acids is 1. The lowest BCUT2D eigenvalue weighted by atomic mass is 9.92. The number of aromatic nitrogens is 2. The van der Waals surface area contributed by atoms with Gasteiger partial charge in [0, 0.05) is 5.41 Å². The Hall–Kier alpha value is -2.40. The maximum Gasteiger partial charge on any atom is 0.266 e. The van der Waals surface area contributed by atoms with E-state index < -0.39 is 5.41 Å². The molecule has 0 aliphatic rings. The molecule has 0 N–H and O–H groups in total. The SMILES string of the molecule is Cc1ccc(-n2c(SCC(=O)C(C)(C)C)nc3ccccc3c2=O)c(C)c1. The van der Waals surface area contributed by atoms with Crippen LogP contribution in [0.25, 0.3) is 16.6 Å². The molecule has 3 aromatic rings. The molecule has 0 amide bonds. The standard InChI is InChI=1S/C22H24N2O2S/c1-14-10-11-18(15(2)12-14)24-20(26)16-8-6-7-9-17(16)23-21(24)27-13-19(25)22(3,4)5/h6-12H,13H2,1-5H3. The number of thioether (sulfide) groups is 1. The molecule has 1 heterocycles. The monoisotopic (exact) mass is 380 g/mol. The molecule has 5 heteroatoms. The maximum absolute atomic E-state index is 13.3. The molecule has 140 valence electrons. The summed E-state index contributed by atoms with van der Waals surface area (Å²) in [4.78, 5) is 30.4. The topological polar surface area (TPSA) is 52.0 Å². The summed E-state index contributed by atoms with van der Waals surface area (Å²) in [6.07, 6.45) is 0. The zero-order valence-corrected chi connectivity index (χ0v) is 17.2. The van der Waals surface area contributed by atoms with Crippen LogP contribution < -0.4 is 5.56 Å². The molecule has 4 nitrogen and oxygen atoms in total. The van der Waals surface area contributed by atoms with E-state index in [0.717, 1.165) is 16.8 Å². The summed E-state index contributed by atoms with van der Waals surface area (Å²) in [7, 11) is 0. The van der Waals surface area contributed by atoms with Gasteiger partial charge in [-0.15, -0.1) is 0 Å². The number of Topliss-reactive ketones (excluding diaryl/α,β-unsaturated/α-hetero) is 1. The summed E-state index contributed by atoms with van der Waals surface area (Å²) in [6.45, 7) is 9.72. The first-order valence-electron chi connectivity index (χ1n) is 8.94. The maximum atomic E-state index is 13.3. The summed E-state index contributed by atoms with van der Waals surface area (Å²) in [5.41, 5.74) is 3.05. The van der Waals surface area contributed by atoms with E-state index in [1.165, 1.54) is 11.8 Å². The van der Waals surface area contributed by atoms with Gasteiger partial charge in [-0.1, -0.05) is 62.4 Å². The lowest BCUT2D eigenvalue weighted by Crippen LogP contribution is -2.25. The van der Waals surface area contributed by atoms with Crippen molar-refractivity contribution in [3.63, 3.8) is 0 Å². The highest BCUT2D eigenvalue weighted by molar-refractivity contribution is 7.99. The molecule has 0 spiro atoms. The van der Waals surface area contributed by atoms with Crippen molar-refractivity contribution in [3.8, 4) is 5.69 Å². The minimum atomic E-state index is -0.422. The van der Waals surface area contributed by atoms with Crippen LogP contribution >= 0.6 is 11.8 Å². The first kappa shape index (κ1) is 19.4. The lowest BCUT2D eigenvalue weighted by molar-refractivity contribution is -0.123. The van der Waals surface area contributed by atoms with Gasteiger partial charge in [0.25, 0.3) is 5.56 Å². The second-order valence-corrected chi connectivity index (χ2v) is 8.75. The molecule has 0 bridgehead atoms. The second kappa shape index (κ2) is 7.31. The highest BCUT2D eigenvalue weighted by atomic mass is 32.2. The van der Waals surface area contributed by atoms with Crippen molar-refractivity contribution >= 4 is 28.4 Å². The molecular formula is C22H24N2O2S. The number of fused-ring (bicyclic) bond motifs is 1. The van der Waals surface area contributed by atoms with Crippen LogP contribution in [-0.2, 0) is 4.79 Å². The van der Waals surface area contributed by atoms with Crippen LogP contribution in [0.1, 0.15) is 31.9 Å². The highest BCUT2D eigenvalue weighted by Crippen LogP contribution is 2.26. The highest BCUT2D eigenvalue weighted by Gasteiger charge is 2.23. The fraction of sp³-hybridized carbons (Fsp3) is 0.318. The minimum Gasteiger partial charge on any atom is -0.298 e. The Balaban J connectivity index is 2.19. The van der Waals surface area contributed by atoms with E-state index in [9.17, 15) is 9.59 Å². The number of hydrogen-bond acceptors (Lipinski definition) is 4. The smallest absolute Gasteiger partial charge is 0.266 e. The van der Waals surface area contributed by atoms with Gasteiger partial charge in [0.1, 0.15) is 5.78 Å². The first-order chi connectivity index (χ1) is 12.7. The number of ketones is 1. The van der Waals surface area contributed by atoms with E-state index in [1.54, 1.807) is 10.6 Å². The molecule has 0 atom stereocenters. The molecule has 0 saturated carbocycles. The molecule has 0 fully saturated rings. The number of carbonyl (C=O) groups is 1. The molecule has 1 aromatic heterocycles. The van der Waals surface area contributed by atoms with E-state index in [1.807, 2.05) is 71.0 Å². The van der Waals surface area contributed by atoms with Crippen molar-refractivity contribution in [1.29, 1.82) is 0 Å². The Morgan fingerprint density at radius 2 is 1.81 bits per heavy atom. The van der Waals surface area contributed by atoms with Crippen LogP contribution in [0, 0.1) is 19.3 Å². The van der Waals surface area contributed by atoms with Crippen LogP contribution in [0.5, 0.6) is 0 Å². The van der Waals surface area contributed by atoms with Gasteiger partial charge in [-0.05, 0) is 37.6 Å². The third kappa shape index (κ3) is 3.98. The quantitative estimate of drug-likeness (QED) is 0.486. The van der Waals surface area contributed by atoms with Gasteiger partial charge in [0.05, 0.1) is 22.3 Å². The second-order valence-electron chi connectivity index (χ2n) is 7.80. The Morgan fingerprint density at radius 1 is 1.11 bits per heavy atom. The number of nitrogens with zero attached hydrogens (tertiary/aromatic N) is 2. The fourth-order valence-corrected chi connectivity index (χ4v) is 3.99. The number of aryl methyl sites for hydroxylation is 2. The molecule has 27 heavy (non-hydrogen) atoms. The number of para-hydroxylation sites is 1. The molecule has 0 unspecified atom stereocenters. The predicted octanol–water partition coefficient (Wildman–Crippen LogP) is 4.71. The number of rotatable bonds is 4. The van der Waals surface area contributed by atoms with E-state index in [-0.39, 0.29) is 17.1 Å². The molecule has 0 aliphatic carbocycles. The van der Waals surface area contributed by atoms with E-state index >= 15 is 0 Å². The summed E-state index contributed by atoms with van der Waals surface area (Å²) >= 11 is 1.32. The predicted molar refractivity (Wildman–Crippen MR) is 112 cm³/mol. The van der Waals surface area contributed by atoms with Crippen LogP contribution in [0.3, 0.4) is 0 Å². The van der Waals surface area contributed by atoms with Crippen molar-refractivity contribution in [2.75, 3.05) is 5.75 Å². The first-order valence-corrected chi connectivity index (χ1v) is 9.92. The van der Waals surface area contributed by atoms with Gasteiger partial charge in [-0.25, -0.2) is 4.98 Å². The number of hydrogen-bond donors (Lipinski definition) is 0. The Morgan fingerprint density at radius 3 is 2.48 bits per heavy atom. The van der Waals surface area contributed by atoms with Crippen molar-refractivity contribution in [1.82, 2.24) is 9.55 Å². The van der Waals surface area contributed by atoms with Gasteiger partial charge >= 0.3 is 0 Å². The molecule has 0 aliphatic heterocycles. The molecular weight excluding hydrogens is 356 g/mol. The van der Waals surface area contributed by atoms with Crippen LogP contribution in [-0.4, -0.2) is 21.1 Å². The van der Waals surface area contributed by atoms with Gasteiger partial charge in [0.2, 0.25) is 0 Å². The Kier molecular flexibility index (Phi) is 5.24. The summed E-state index contributed by atoms with van der Waals surface area (Å²) in [6, 6.07) is 13.3. The average molecular weight is 381 g/mol. The van der Waals surface area contributed by atoms with Crippen molar-refractivity contribution in [2.45, 2.75) is 39.8 Å². The van der Waals surface area contributed by atoms with Gasteiger partial charge in [-0.3, -0.25) is 14.2 Å². The summed E-state index contributed by atoms with van der Waals surface area (Å²) in [5.74, 6) is 0.404. The summed E-state index contributed by atoms with van der Waals surface area (Å²) in [5, 5.41) is 1.12. The van der Waals surface area contributed by atoms with Crippen LogP contribution in [0.2, 0.25) is 0 Å². The van der Waals surface area contributed by atoms with Gasteiger partial charge in [0.15, 0.2) is 5.16 Å². The van der Waals surface area contributed by atoms with Crippen LogP contribution in [0.4, 0.5) is 0 Å². The van der Waals surface area contributed by atoms with Crippen molar-refractivity contribution in [3.05, 3.63) is 63.9 Å². The Bertz CT molecular complexity index is 1080. The van der Waals surface area contributed by atoms with Crippen molar-refractivity contribution < 1.29 is 4.79 Å². The lowest BCUT2D eigenvalue weighted by Gasteiger charge is -2.18. The molecule has 0 radical (unpaired) electrons. The average Bonchev–Trinajstić information content (AvgIpc) is 2.60. The van der Waals surface area contributed by atoms with Crippen LogP contribution in [0.15, 0.2) is 52.4 Å². The molecule has 3 rings (SSSR count). The summed E-state index contributed by atoms with van der Waals surface area (Å²) < 4.78 is 1.64. The van der Waals surface area contributed by atoms with E-state index in [0.29, 0.717) is 16.1 Å². The zero-order valence-electron chi connectivity index (χ0n) is 16.4. The largest absolute Gasteiger partial charge is 0.298 e. The zero-order chi connectivity index (χ0) is 19.8. The van der Waals surface area contributed by atoms with Crippen molar-refractivity contribution in [2.24, 2.45) is 5.41 Å². The fourth-order valence-electron chi connectivity index (χ4n) is 2.82.